The first kappa shape index (κ1) is 20.2. The van der Waals surface area contributed by atoms with E-state index in [1.54, 1.807) is 6.92 Å². The van der Waals surface area contributed by atoms with E-state index in [1.165, 1.54) is 5.56 Å². The maximum absolute atomic E-state index is 11.1. The van der Waals surface area contributed by atoms with Gasteiger partial charge in [0.05, 0.1) is 14.7 Å². The Morgan fingerprint density at radius 1 is 1.42 bits per heavy atom. The van der Waals surface area contributed by atoms with Crippen molar-refractivity contribution in [3.8, 4) is 0 Å². The Hall–Kier alpha value is -1.89. The predicted octanol–water partition coefficient (Wildman–Crippen LogP) is 4.33. The van der Waals surface area contributed by atoms with Gasteiger partial charge < -0.3 is 9.84 Å². The molecule has 1 saturated heterocycles. The van der Waals surface area contributed by atoms with Crippen LogP contribution in [-0.2, 0) is 9.78 Å². The second-order valence-electron chi connectivity index (χ2n) is 6.96. The zero-order valence-electron chi connectivity index (χ0n) is 14.8. The molecule has 0 saturated carbocycles. The van der Waals surface area contributed by atoms with Crippen LogP contribution in [0.2, 0.25) is 19.1 Å². The normalized spacial score (nSPS) is 25.1. The Labute approximate surface area is 144 Å². The fourth-order valence-corrected chi connectivity index (χ4v) is 6.61. The summed E-state index contributed by atoms with van der Waals surface area (Å²) in [6.45, 7) is 8.83. The quantitative estimate of drug-likeness (QED) is 0.378. The fourth-order valence-electron chi connectivity index (χ4n) is 3.27. The molecule has 7 heteroatoms. The number of carboxylic acid groups (broad SMARTS) is 1. The predicted molar refractivity (Wildman–Crippen MR) is 95.8 cm³/mol. The van der Waals surface area contributed by atoms with Gasteiger partial charge in [0.2, 0.25) is 6.04 Å². The summed E-state index contributed by atoms with van der Waals surface area (Å²) < 4.78 is 3.96. The number of nitrogens with zero attached hydrogens (tertiary/aromatic N) is 1. The van der Waals surface area contributed by atoms with Gasteiger partial charge in [-0.25, -0.2) is 4.79 Å². The smallest absolute Gasteiger partial charge is 0.450 e. The lowest BCUT2D eigenvalue weighted by Gasteiger charge is -2.47. The number of rotatable bonds is 3. The van der Waals surface area contributed by atoms with Crippen LogP contribution in [0.25, 0.3) is 0 Å². The maximum atomic E-state index is 11.1. The lowest BCUT2D eigenvalue weighted by atomic mass is 9.91. The van der Waals surface area contributed by atoms with Crippen molar-refractivity contribution >= 4 is 14.2 Å². The molecule has 1 aromatic carbocycles. The van der Waals surface area contributed by atoms with Crippen molar-refractivity contribution in [2.75, 3.05) is 6.61 Å². The molecule has 0 aromatic heterocycles. The molecule has 2 unspecified atom stereocenters. The first-order valence-electron chi connectivity index (χ1n) is 8.19. The second-order valence-corrected chi connectivity index (χ2v) is 12.3. The summed E-state index contributed by atoms with van der Waals surface area (Å²) in [4.78, 5) is 20.4. The van der Waals surface area contributed by atoms with Gasteiger partial charge in [0, 0.05) is 17.8 Å². The largest absolute Gasteiger partial charge is 0.505 e. The third-order valence-corrected chi connectivity index (χ3v) is 10.2. The highest BCUT2D eigenvalue weighted by Crippen LogP contribution is 2.45. The van der Waals surface area contributed by atoms with Crippen molar-refractivity contribution in [2.45, 2.75) is 56.9 Å². The minimum atomic E-state index is -1.48. The van der Waals surface area contributed by atoms with Crippen molar-refractivity contribution in [3.63, 3.8) is 0 Å². The van der Waals surface area contributed by atoms with E-state index in [9.17, 15) is 14.9 Å². The van der Waals surface area contributed by atoms with Gasteiger partial charge in [0.1, 0.15) is 0 Å². The molecule has 6 nitrogen and oxygen atoms in total. The van der Waals surface area contributed by atoms with Crippen molar-refractivity contribution < 1.29 is 19.6 Å². The van der Waals surface area contributed by atoms with E-state index in [1.807, 2.05) is 18.2 Å². The Morgan fingerprint density at radius 2 is 2.00 bits per heavy atom. The molecule has 1 aliphatic rings. The average Bonchev–Trinajstić information content (AvgIpc) is 2.51. The van der Waals surface area contributed by atoms with E-state index < -0.39 is 14.2 Å². The van der Waals surface area contributed by atoms with Gasteiger partial charge in [-0.1, -0.05) is 56.4 Å². The van der Waals surface area contributed by atoms with Crippen molar-refractivity contribution in [2.24, 2.45) is 0 Å². The van der Waals surface area contributed by atoms with Crippen LogP contribution in [0.4, 0.5) is 4.79 Å². The number of hydrogen-bond acceptors (Lipinski definition) is 4. The lowest BCUT2D eigenvalue weighted by molar-refractivity contribution is -0.525. The van der Waals surface area contributed by atoms with Gasteiger partial charge in [-0.3, -0.25) is 10.1 Å². The fraction of sp³-hybridized carbons (Fsp3) is 0.588. The highest BCUT2D eigenvalue weighted by atomic mass is 28.3. The molecule has 1 fully saturated rings. The zero-order chi connectivity index (χ0) is 18.4. The van der Waals surface area contributed by atoms with Gasteiger partial charge in [0.15, 0.2) is 0 Å². The van der Waals surface area contributed by atoms with Crippen LogP contribution in [0.3, 0.4) is 0 Å². The average molecular weight is 353 g/mol. The summed E-state index contributed by atoms with van der Waals surface area (Å²) in [5, 5.41) is 18.8. The van der Waals surface area contributed by atoms with Gasteiger partial charge in [-0.15, -0.1) is 0 Å². The highest BCUT2D eigenvalue weighted by Gasteiger charge is 2.51. The van der Waals surface area contributed by atoms with Gasteiger partial charge in [0.25, 0.3) is 0 Å². The third-order valence-electron chi connectivity index (χ3n) is 5.22. The van der Waals surface area contributed by atoms with E-state index >= 15 is 0 Å². The standard InChI is InChI=1S/C14H21NO2Si.C3H6O3/c1-14(12-7-5-4-6-8-12)11-13(15(16)17)9-10-18(14,2)3;1-2-6-3(4)5/h4-8,13H,9-11H2,1-3H3;2H2,1H3,(H,4,5). The van der Waals surface area contributed by atoms with Crippen LogP contribution >= 0.6 is 0 Å². The molecule has 1 aromatic rings. The molecule has 2 rings (SSSR count). The van der Waals surface area contributed by atoms with E-state index in [0.29, 0.717) is 6.42 Å². The van der Waals surface area contributed by atoms with Gasteiger partial charge in [-0.2, -0.15) is 0 Å². The highest BCUT2D eigenvalue weighted by molar-refractivity contribution is 6.80. The second kappa shape index (κ2) is 8.28. The van der Waals surface area contributed by atoms with Gasteiger partial charge in [-0.05, 0) is 17.5 Å². The zero-order valence-corrected chi connectivity index (χ0v) is 15.8. The maximum Gasteiger partial charge on any atom is 0.505 e. The van der Waals surface area contributed by atoms with Crippen LogP contribution in [0.1, 0.15) is 32.3 Å². The molecule has 24 heavy (non-hydrogen) atoms. The minimum absolute atomic E-state index is 0.0181. The number of nitro groups is 1. The number of carbonyl (C=O) groups is 1. The summed E-state index contributed by atoms with van der Waals surface area (Å²) in [5.41, 5.74) is 1.29. The summed E-state index contributed by atoms with van der Waals surface area (Å²) in [6.07, 6.45) is 0.246. The van der Waals surface area contributed by atoms with E-state index in [4.69, 9.17) is 5.11 Å². The van der Waals surface area contributed by atoms with Crippen molar-refractivity contribution in [1.82, 2.24) is 0 Å². The number of benzene rings is 1. The van der Waals surface area contributed by atoms with Crippen LogP contribution < -0.4 is 0 Å². The molecule has 0 aliphatic carbocycles. The summed E-state index contributed by atoms with van der Waals surface area (Å²) >= 11 is 0. The molecule has 1 N–H and O–H groups in total. The Bertz CT molecular complexity index is 563. The molecule has 0 radical (unpaired) electrons. The molecule has 2 atom stereocenters. The molecule has 0 amide bonds. The van der Waals surface area contributed by atoms with Crippen LogP contribution in [0.5, 0.6) is 0 Å². The SMILES string of the molecule is CC1(c2ccccc2)CC([N+](=O)[O-])CC[Si]1(C)C.CCOC(=O)O. The summed E-state index contributed by atoms with van der Waals surface area (Å²) in [5.74, 6) is 0. The monoisotopic (exact) mass is 353 g/mol. The van der Waals surface area contributed by atoms with Crippen molar-refractivity contribution in [1.29, 1.82) is 0 Å². The molecule has 1 heterocycles. The minimum Gasteiger partial charge on any atom is -0.450 e. The van der Waals surface area contributed by atoms with E-state index in [0.717, 1.165) is 12.5 Å². The van der Waals surface area contributed by atoms with E-state index in [2.05, 4.69) is 36.9 Å². The van der Waals surface area contributed by atoms with Gasteiger partial charge >= 0.3 is 6.16 Å². The lowest BCUT2D eigenvalue weighted by Crippen LogP contribution is -2.56. The van der Waals surface area contributed by atoms with Crippen LogP contribution in [-0.4, -0.2) is 36.9 Å². The molecular weight excluding hydrogens is 326 g/mol. The molecule has 0 bridgehead atoms. The van der Waals surface area contributed by atoms with Crippen LogP contribution in [0.15, 0.2) is 30.3 Å². The van der Waals surface area contributed by atoms with E-state index in [-0.39, 0.29) is 22.6 Å². The summed E-state index contributed by atoms with van der Waals surface area (Å²) in [6, 6.07) is 11.0. The molecule has 0 spiro atoms. The number of hydrogen-bond donors (Lipinski definition) is 1. The Morgan fingerprint density at radius 3 is 2.42 bits per heavy atom. The third kappa shape index (κ3) is 4.80. The molecule has 134 valence electrons. The first-order chi connectivity index (χ1) is 11.1. The first-order valence-corrected chi connectivity index (χ1v) is 11.4. The Balaban J connectivity index is 0.000000413. The topological polar surface area (TPSA) is 89.7 Å². The van der Waals surface area contributed by atoms with Crippen LogP contribution in [0, 0.1) is 10.1 Å². The number of ether oxygens (including phenoxy) is 1. The molecular formula is C17H27NO5Si. The molecule has 1 aliphatic heterocycles. The summed E-state index contributed by atoms with van der Waals surface area (Å²) in [7, 11) is -1.48. The Kier molecular flexibility index (Phi) is 6.95. The van der Waals surface area contributed by atoms with Crippen molar-refractivity contribution in [3.05, 3.63) is 46.0 Å².